The lowest BCUT2D eigenvalue weighted by Gasteiger charge is -2.18. The van der Waals surface area contributed by atoms with Gasteiger partial charge < -0.3 is 10.0 Å². The highest BCUT2D eigenvalue weighted by molar-refractivity contribution is 5.86. The number of carbonyl (C=O) groups excluding carboxylic acids is 1. The van der Waals surface area contributed by atoms with E-state index in [1.54, 1.807) is 4.90 Å². The van der Waals surface area contributed by atoms with E-state index in [4.69, 9.17) is 5.11 Å². The molecule has 0 fully saturated rings. The molecule has 19 heavy (non-hydrogen) atoms. The summed E-state index contributed by atoms with van der Waals surface area (Å²) in [7, 11) is 1.81. The van der Waals surface area contributed by atoms with Crippen molar-refractivity contribution in [3.8, 4) is 0 Å². The van der Waals surface area contributed by atoms with E-state index in [0.29, 0.717) is 19.4 Å². The third kappa shape index (κ3) is 3.32. The number of hydrogen-bond acceptors (Lipinski definition) is 2. The van der Waals surface area contributed by atoms with Crippen molar-refractivity contribution in [2.75, 3.05) is 13.7 Å². The SMILES string of the molecule is CN(Cc1cccc2ccccc12)C(=O)CCCO. The predicted molar refractivity (Wildman–Crippen MR) is 76.7 cm³/mol. The Morgan fingerprint density at radius 2 is 1.89 bits per heavy atom. The number of amides is 1. The van der Waals surface area contributed by atoms with Crippen LogP contribution in [0.15, 0.2) is 42.5 Å². The molecule has 1 amide bonds. The molecule has 0 aliphatic rings. The Kier molecular flexibility index (Phi) is 4.53. The van der Waals surface area contributed by atoms with Gasteiger partial charge in [-0.25, -0.2) is 0 Å². The van der Waals surface area contributed by atoms with E-state index >= 15 is 0 Å². The zero-order chi connectivity index (χ0) is 13.7. The maximum atomic E-state index is 11.9. The Morgan fingerprint density at radius 1 is 1.16 bits per heavy atom. The van der Waals surface area contributed by atoms with Gasteiger partial charge in [0.15, 0.2) is 0 Å². The monoisotopic (exact) mass is 257 g/mol. The molecule has 0 radical (unpaired) electrons. The molecule has 1 N–H and O–H groups in total. The summed E-state index contributed by atoms with van der Waals surface area (Å²) in [6, 6.07) is 14.3. The van der Waals surface area contributed by atoms with E-state index in [0.717, 1.165) is 5.56 Å². The molecule has 2 aromatic carbocycles. The highest BCUT2D eigenvalue weighted by atomic mass is 16.3. The van der Waals surface area contributed by atoms with E-state index < -0.39 is 0 Å². The minimum atomic E-state index is 0.0633. The van der Waals surface area contributed by atoms with Gasteiger partial charge in [0.25, 0.3) is 0 Å². The van der Waals surface area contributed by atoms with Crippen LogP contribution >= 0.6 is 0 Å². The molecule has 0 aliphatic heterocycles. The van der Waals surface area contributed by atoms with E-state index in [9.17, 15) is 4.79 Å². The first-order valence-corrected chi connectivity index (χ1v) is 6.54. The lowest BCUT2D eigenvalue weighted by molar-refractivity contribution is -0.130. The Labute approximate surface area is 113 Å². The molecule has 100 valence electrons. The van der Waals surface area contributed by atoms with E-state index in [1.807, 2.05) is 25.2 Å². The molecule has 3 nitrogen and oxygen atoms in total. The molecule has 0 spiro atoms. The van der Waals surface area contributed by atoms with Gasteiger partial charge in [-0.15, -0.1) is 0 Å². The minimum Gasteiger partial charge on any atom is -0.396 e. The van der Waals surface area contributed by atoms with Crippen LogP contribution in [0.3, 0.4) is 0 Å². The van der Waals surface area contributed by atoms with Gasteiger partial charge in [0.2, 0.25) is 5.91 Å². The summed E-state index contributed by atoms with van der Waals surface area (Å²) in [5.41, 5.74) is 1.15. The highest BCUT2D eigenvalue weighted by Crippen LogP contribution is 2.19. The highest BCUT2D eigenvalue weighted by Gasteiger charge is 2.10. The number of benzene rings is 2. The van der Waals surface area contributed by atoms with Gasteiger partial charge in [0, 0.05) is 26.6 Å². The van der Waals surface area contributed by atoms with Crippen molar-refractivity contribution in [2.45, 2.75) is 19.4 Å². The fourth-order valence-electron chi connectivity index (χ4n) is 2.20. The average molecular weight is 257 g/mol. The third-order valence-corrected chi connectivity index (χ3v) is 3.26. The van der Waals surface area contributed by atoms with Gasteiger partial charge in [-0.3, -0.25) is 4.79 Å². The predicted octanol–water partition coefficient (Wildman–Crippen LogP) is 2.57. The van der Waals surface area contributed by atoms with E-state index in [2.05, 4.69) is 24.3 Å². The molecular weight excluding hydrogens is 238 g/mol. The van der Waals surface area contributed by atoms with Crippen LogP contribution in [-0.4, -0.2) is 29.6 Å². The smallest absolute Gasteiger partial charge is 0.222 e. The Hall–Kier alpha value is -1.87. The summed E-state index contributed by atoms with van der Waals surface area (Å²) in [5, 5.41) is 11.1. The number of rotatable bonds is 5. The fourth-order valence-corrected chi connectivity index (χ4v) is 2.20. The zero-order valence-corrected chi connectivity index (χ0v) is 11.2. The van der Waals surface area contributed by atoms with Crippen LogP contribution in [0.25, 0.3) is 10.8 Å². The summed E-state index contributed by atoms with van der Waals surface area (Å²) in [6.07, 6.45) is 0.927. The van der Waals surface area contributed by atoms with Crippen molar-refractivity contribution < 1.29 is 9.90 Å². The van der Waals surface area contributed by atoms with Gasteiger partial charge in [-0.05, 0) is 22.8 Å². The fraction of sp³-hybridized carbons (Fsp3) is 0.312. The number of hydrogen-bond donors (Lipinski definition) is 1. The van der Waals surface area contributed by atoms with Gasteiger partial charge in [0.05, 0.1) is 0 Å². The summed E-state index contributed by atoms with van der Waals surface area (Å²) in [6.45, 7) is 0.666. The summed E-state index contributed by atoms with van der Waals surface area (Å²) < 4.78 is 0. The van der Waals surface area contributed by atoms with Crippen LogP contribution in [0.2, 0.25) is 0 Å². The molecule has 0 saturated heterocycles. The van der Waals surface area contributed by atoms with Crippen LogP contribution in [0.4, 0.5) is 0 Å². The first kappa shape index (κ1) is 13.6. The number of carbonyl (C=O) groups is 1. The Bertz CT molecular complexity index is 560. The largest absolute Gasteiger partial charge is 0.396 e. The lowest BCUT2D eigenvalue weighted by Crippen LogP contribution is -2.26. The van der Waals surface area contributed by atoms with Crippen LogP contribution in [0.5, 0.6) is 0 Å². The molecule has 0 saturated carbocycles. The lowest BCUT2D eigenvalue weighted by atomic mass is 10.0. The second-order valence-corrected chi connectivity index (χ2v) is 4.72. The zero-order valence-electron chi connectivity index (χ0n) is 11.2. The van der Waals surface area contributed by atoms with Gasteiger partial charge in [-0.2, -0.15) is 0 Å². The van der Waals surface area contributed by atoms with Gasteiger partial charge >= 0.3 is 0 Å². The number of nitrogens with zero attached hydrogens (tertiary/aromatic N) is 1. The first-order chi connectivity index (χ1) is 9.22. The van der Waals surface area contributed by atoms with Crippen molar-refractivity contribution in [1.82, 2.24) is 4.90 Å². The second kappa shape index (κ2) is 6.34. The molecule has 0 unspecified atom stereocenters. The topological polar surface area (TPSA) is 40.5 Å². The maximum absolute atomic E-state index is 11.9. The maximum Gasteiger partial charge on any atom is 0.222 e. The molecule has 0 heterocycles. The first-order valence-electron chi connectivity index (χ1n) is 6.54. The van der Waals surface area contributed by atoms with Crippen LogP contribution < -0.4 is 0 Å². The Morgan fingerprint density at radius 3 is 2.68 bits per heavy atom. The summed E-state index contributed by atoms with van der Waals surface area (Å²) in [5.74, 6) is 0.0713. The third-order valence-electron chi connectivity index (χ3n) is 3.26. The number of aliphatic hydroxyl groups is 1. The average Bonchev–Trinajstić information content (AvgIpc) is 2.45. The van der Waals surface area contributed by atoms with Crippen LogP contribution in [0.1, 0.15) is 18.4 Å². The van der Waals surface area contributed by atoms with Crippen molar-refractivity contribution in [3.63, 3.8) is 0 Å². The molecule has 0 aromatic heterocycles. The molecule has 0 bridgehead atoms. The molecule has 0 aliphatic carbocycles. The van der Waals surface area contributed by atoms with Crippen molar-refractivity contribution in [3.05, 3.63) is 48.0 Å². The normalized spacial score (nSPS) is 10.6. The van der Waals surface area contributed by atoms with Crippen LogP contribution in [0, 0.1) is 0 Å². The standard InChI is InChI=1S/C16H19NO2/c1-17(16(19)10-5-11-18)12-14-8-4-7-13-6-2-3-9-15(13)14/h2-4,6-9,18H,5,10-12H2,1H3. The van der Waals surface area contributed by atoms with Crippen molar-refractivity contribution in [2.24, 2.45) is 0 Å². The van der Waals surface area contributed by atoms with Gasteiger partial charge in [-0.1, -0.05) is 42.5 Å². The molecule has 0 atom stereocenters. The molecule has 2 rings (SSSR count). The van der Waals surface area contributed by atoms with E-state index in [1.165, 1.54) is 10.8 Å². The summed E-state index contributed by atoms with van der Waals surface area (Å²) >= 11 is 0. The van der Waals surface area contributed by atoms with Gasteiger partial charge in [0.1, 0.15) is 0 Å². The number of fused-ring (bicyclic) bond motifs is 1. The summed E-state index contributed by atoms with van der Waals surface area (Å²) in [4.78, 5) is 13.6. The Balaban J connectivity index is 2.15. The number of aliphatic hydroxyl groups excluding tert-OH is 1. The van der Waals surface area contributed by atoms with Crippen molar-refractivity contribution >= 4 is 16.7 Å². The molecule has 3 heteroatoms. The minimum absolute atomic E-state index is 0.0633. The second-order valence-electron chi connectivity index (χ2n) is 4.72. The van der Waals surface area contributed by atoms with Crippen LogP contribution in [-0.2, 0) is 11.3 Å². The molecular formula is C16H19NO2. The quantitative estimate of drug-likeness (QED) is 0.894. The van der Waals surface area contributed by atoms with E-state index in [-0.39, 0.29) is 12.5 Å². The molecule has 2 aromatic rings. The van der Waals surface area contributed by atoms with Crippen molar-refractivity contribution in [1.29, 1.82) is 0 Å².